The summed E-state index contributed by atoms with van der Waals surface area (Å²) in [5.74, 6) is 1.25. The smallest absolute Gasteiger partial charge is 0.270 e. The van der Waals surface area contributed by atoms with Crippen LogP contribution in [0.1, 0.15) is 30.9 Å². The second-order valence-electron chi connectivity index (χ2n) is 6.40. The Morgan fingerprint density at radius 1 is 1.11 bits per heavy atom. The van der Waals surface area contributed by atoms with Crippen LogP contribution in [0.5, 0.6) is 11.5 Å². The molecule has 1 heterocycles. The van der Waals surface area contributed by atoms with Gasteiger partial charge in [-0.15, -0.1) is 0 Å². The third kappa shape index (κ3) is 4.39. The van der Waals surface area contributed by atoms with Crippen LogP contribution in [0.4, 0.5) is 5.69 Å². The maximum absolute atomic E-state index is 13.0. The molecule has 2 aromatic rings. The Hall–Kier alpha value is -2.31. The standard InChI is InChI=1S/C22H23NO3S2/c1-4-5-6-15-7-9-17(10-8-15)23-21(24)20(28-22(23)27)14-16-13-18(25-2)11-12-19(16)26-3/h7-14H,4-6H2,1-3H3/b20-14-. The number of unbranched alkanes of at least 4 members (excludes halogenated alkanes) is 1. The van der Waals surface area contributed by atoms with Crippen molar-refractivity contribution in [3.05, 3.63) is 58.5 Å². The number of benzene rings is 2. The van der Waals surface area contributed by atoms with Crippen molar-refractivity contribution in [1.29, 1.82) is 0 Å². The van der Waals surface area contributed by atoms with E-state index in [1.165, 1.54) is 17.3 Å². The minimum Gasteiger partial charge on any atom is -0.497 e. The van der Waals surface area contributed by atoms with Crippen LogP contribution in [-0.2, 0) is 11.2 Å². The van der Waals surface area contributed by atoms with Gasteiger partial charge < -0.3 is 9.47 Å². The highest BCUT2D eigenvalue weighted by atomic mass is 32.2. The molecule has 0 atom stereocenters. The minimum atomic E-state index is -0.124. The van der Waals surface area contributed by atoms with E-state index < -0.39 is 0 Å². The zero-order valence-corrected chi connectivity index (χ0v) is 17.9. The quantitative estimate of drug-likeness (QED) is 0.446. The summed E-state index contributed by atoms with van der Waals surface area (Å²) >= 11 is 6.77. The predicted octanol–water partition coefficient (Wildman–Crippen LogP) is 5.45. The average molecular weight is 414 g/mol. The SMILES string of the molecule is CCCCc1ccc(N2C(=O)/C(=C/c3cc(OC)ccc3OC)SC2=S)cc1. The fourth-order valence-electron chi connectivity index (χ4n) is 2.98. The molecule has 0 aromatic heterocycles. The molecule has 1 aliphatic heterocycles. The van der Waals surface area contributed by atoms with Gasteiger partial charge in [-0.1, -0.05) is 49.5 Å². The number of ether oxygens (including phenoxy) is 2. The number of anilines is 1. The summed E-state index contributed by atoms with van der Waals surface area (Å²) in [6, 6.07) is 13.5. The molecular weight excluding hydrogens is 390 g/mol. The maximum Gasteiger partial charge on any atom is 0.270 e. The fourth-order valence-corrected chi connectivity index (χ4v) is 4.27. The summed E-state index contributed by atoms with van der Waals surface area (Å²) in [5, 5.41) is 0. The minimum absolute atomic E-state index is 0.124. The Kier molecular flexibility index (Phi) is 6.75. The Balaban J connectivity index is 1.87. The first kappa shape index (κ1) is 20.4. The van der Waals surface area contributed by atoms with Crippen molar-refractivity contribution in [2.45, 2.75) is 26.2 Å². The number of amides is 1. The van der Waals surface area contributed by atoms with Crippen LogP contribution < -0.4 is 14.4 Å². The molecule has 3 rings (SSSR count). The monoisotopic (exact) mass is 413 g/mol. The number of hydrogen-bond donors (Lipinski definition) is 0. The number of rotatable bonds is 7. The summed E-state index contributed by atoms with van der Waals surface area (Å²) in [6.45, 7) is 2.18. The Morgan fingerprint density at radius 3 is 2.50 bits per heavy atom. The van der Waals surface area contributed by atoms with Gasteiger partial charge in [0.25, 0.3) is 5.91 Å². The van der Waals surface area contributed by atoms with Crippen molar-refractivity contribution >= 4 is 46.0 Å². The van der Waals surface area contributed by atoms with Gasteiger partial charge in [-0.25, -0.2) is 0 Å². The first-order valence-corrected chi connectivity index (χ1v) is 10.4. The molecule has 146 valence electrons. The van der Waals surface area contributed by atoms with Gasteiger partial charge in [0.2, 0.25) is 0 Å². The second kappa shape index (κ2) is 9.26. The van der Waals surface area contributed by atoms with Gasteiger partial charge in [0, 0.05) is 5.56 Å². The highest BCUT2D eigenvalue weighted by Crippen LogP contribution is 2.37. The Labute approximate surface area is 175 Å². The summed E-state index contributed by atoms with van der Waals surface area (Å²) in [4.78, 5) is 15.2. The lowest BCUT2D eigenvalue weighted by atomic mass is 10.1. The third-order valence-corrected chi connectivity index (χ3v) is 5.83. The van der Waals surface area contributed by atoms with Crippen LogP contribution in [-0.4, -0.2) is 24.4 Å². The van der Waals surface area contributed by atoms with Gasteiger partial charge >= 0.3 is 0 Å². The molecule has 0 saturated carbocycles. The van der Waals surface area contributed by atoms with E-state index in [0.29, 0.717) is 20.7 Å². The molecule has 6 heteroatoms. The van der Waals surface area contributed by atoms with Crippen molar-refractivity contribution < 1.29 is 14.3 Å². The maximum atomic E-state index is 13.0. The molecular formula is C22H23NO3S2. The zero-order chi connectivity index (χ0) is 20.1. The van der Waals surface area contributed by atoms with Crippen molar-refractivity contribution in [1.82, 2.24) is 0 Å². The Morgan fingerprint density at radius 2 is 1.86 bits per heavy atom. The van der Waals surface area contributed by atoms with Crippen molar-refractivity contribution in [2.24, 2.45) is 0 Å². The van der Waals surface area contributed by atoms with Gasteiger partial charge in [0.15, 0.2) is 4.32 Å². The van der Waals surface area contributed by atoms with Gasteiger partial charge in [-0.05, 0) is 54.8 Å². The van der Waals surface area contributed by atoms with Crippen LogP contribution in [0.2, 0.25) is 0 Å². The van der Waals surface area contributed by atoms with Crippen LogP contribution in [0.3, 0.4) is 0 Å². The summed E-state index contributed by atoms with van der Waals surface area (Å²) in [6.07, 6.45) is 5.17. The van der Waals surface area contributed by atoms with Crippen molar-refractivity contribution in [3.8, 4) is 11.5 Å². The molecule has 1 amide bonds. The number of carbonyl (C=O) groups excluding carboxylic acids is 1. The molecule has 1 fully saturated rings. The van der Waals surface area contributed by atoms with Gasteiger partial charge in [0.1, 0.15) is 11.5 Å². The fraction of sp³-hybridized carbons (Fsp3) is 0.273. The second-order valence-corrected chi connectivity index (χ2v) is 8.07. The number of nitrogens with zero attached hydrogens (tertiary/aromatic N) is 1. The van der Waals surface area contributed by atoms with E-state index in [2.05, 4.69) is 19.1 Å². The number of thiocarbonyl (C=S) groups is 1. The Bertz CT molecular complexity index is 906. The van der Waals surface area contributed by atoms with Crippen molar-refractivity contribution in [2.75, 3.05) is 19.1 Å². The number of methoxy groups -OCH3 is 2. The molecule has 2 aromatic carbocycles. The van der Waals surface area contributed by atoms with E-state index in [4.69, 9.17) is 21.7 Å². The molecule has 0 unspecified atom stereocenters. The number of carbonyl (C=O) groups is 1. The third-order valence-electron chi connectivity index (χ3n) is 4.53. The molecule has 1 aliphatic rings. The molecule has 0 bridgehead atoms. The molecule has 4 nitrogen and oxygen atoms in total. The van der Waals surface area contributed by atoms with E-state index in [-0.39, 0.29) is 5.91 Å². The van der Waals surface area contributed by atoms with Crippen molar-refractivity contribution in [3.63, 3.8) is 0 Å². The lowest BCUT2D eigenvalue weighted by Crippen LogP contribution is -2.27. The number of hydrogen-bond acceptors (Lipinski definition) is 5. The molecule has 0 aliphatic carbocycles. The average Bonchev–Trinajstić information content (AvgIpc) is 2.99. The summed E-state index contributed by atoms with van der Waals surface area (Å²) in [7, 11) is 3.21. The van der Waals surface area contributed by atoms with Crippen LogP contribution in [0.25, 0.3) is 6.08 Å². The van der Waals surface area contributed by atoms with Crippen LogP contribution >= 0.6 is 24.0 Å². The highest BCUT2D eigenvalue weighted by Gasteiger charge is 2.33. The zero-order valence-electron chi connectivity index (χ0n) is 16.2. The van der Waals surface area contributed by atoms with Gasteiger partial charge in [0.05, 0.1) is 24.8 Å². The number of aryl methyl sites for hydroxylation is 1. The first-order chi connectivity index (χ1) is 13.6. The van der Waals surface area contributed by atoms with E-state index in [1.807, 2.05) is 30.3 Å². The number of thioether (sulfide) groups is 1. The van der Waals surface area contributed by atoms with E-state index in [0.717, 1.165) is 30.5 Å². The lowest BCUT2D eigenvalue weighted by Gasteiger charge is -2.15. The predicted molar refractivity (Wildman–Crippen MR) is 120 cm³/mol. The summed E-state index contributed by atoms with van der Waals surface area (Å²) < 4.78 is 11.2. The molecule has 0 N–H and O–H groups in total. The van der Waals surface area contributed by atoms with E-state index in [1.54, 1.807) is 25.2 Å². The van der Waals surface area contributed by atoms with Gasteiger partial charge in [-0.3, -0.25) is 9.69 Å². The van der Waals surface area contributed by atoms with Crippen LogP contribution in [0, 0.1) is 0 Å². The van der Waals surface area contributed by atoms with E-state index >= 15 is 0 Å². The van der Waals surface area contributed by atoms with E-state index in [9.17, 15) is 4.79 Å². The highest BCUT2D eigenvalue weighted by molar-refractivity contribution is 8.27. The van der Waals surface area contributed by atoms with Gasteiger partial charge in [-0.2, -0.15) is 0 Å². The molecule has 0 radical (unpaired) electrons. The normalized spacial score (nSPS) is 15.4. The molecule has 1 saturated heterocycles. The molecule has 0 spiro atoms. The summed E-state index contributed by atoms with van der Waals surface area (Å²) in [5.41, 5.74) is 2.84. The topological polar surface area (TPSA) is 38.8 Å². The van der Waals surface area contributed by atoms with Crippen LogP contribution in [0.15, 0.2) is 47.4 Å². The first-order valence-electron chi connectivity index (χ1n) is 9.16. The molecule has 28 heavy (non-hydrogen) atoms. The largest absolute Gasteiger partial charge is 0.497 e. The lowest BCUT2D eigenvalue weighted by molar-refractivity contribution is -0.113.